The summed E-state index contributed by atoms with van der Waals surface area (Å²) in [4.78, 5) is 26.1. The van der Waals surface area contributed by atoms with Gasteiger partial charge in [-0.15, -0.1) is 0 Å². The van der Waals surface area contributed by atoms with Gasteiger partial charge in [0.2, 0.25) is 5.91 Å². The highest BCUT2D eigenvalue weighted by molar-refractivity contribution is 5.98. The Morgan fingerprint density at radius 1 is 0.923 bits per heavy atom. The van der Waals surface area contributed by atoms with Crippen molar-refractivity contribution in [2.45, 2.75) is 34.6 Å². The second-order valence-corrected chi connectivity index (χ2v) is 6.86. The number of likely N-dealkylation sites (N-methyl/N-ethyl adjacent to an activating group) is 1. The first-order valence-corrected chi connectivity index (χ1v) is 8.65. The molecule has 3 amide bonds. The second-order valence-electron chi connectivity index (χ2n) is 6.86. The number of hydrogen-bond acceptors (Lipinski definition) is 2. The van der Waals surface area contributed by atoms with E-state index < -0.39 is 0 Å². The number of aryl methyl sites for hydroxylation is 4. The fourth-order valence-corrected chi connectivity index (χ4v) is 2.94. The molecule has 0 aromatic heterocycles. The third-order valence-corrected chi connectivity index (χ3v) is 4.52. The van der Waals surface area contributed by atoms with Gasteiger partial charge in [0.25, 0.3) is 0 Å². The molecule has 2 N–H and O–H groups in total. The normalized spacial score (nSPS) is 10.4. The Hall–Kier alpha value is -2.82. The van der Waals surface area contributed by atoms with Gasteiger partial charge in [-0.1, -0.05) is 29.8 Å². The maximum atomic E-state index is 12.4. The van der Waals surface area contributed by atoms with Crippen molar-refractivity contribution >= 4 is 23.3 Å². The molecule has 0 spiro atoms. The van der Waals surface area contributed by atoms with Crippen molar-refractivity contribution in [1.82, 2.24) is 4.90 Å². The number of urea groups is 1. The highest BCUT2D eigenvalue weighted by Crippen LogP contribution is 2.22. The highest BCUT2D eigenvalue weighted by Gasteiger charge is 2.15. The minimum atomic E-state index is -0.314. The third-order valence-electron chi connectivity index (χ3n) is 4.52. The highest BCUT2D eigenvalue weighted by atomic mass is 16.2. The lowest BCUT2D eigenvalue weighted by molar-refractivity contribution is -0.116. The average molecular weight is 353 g/mol. The average Bonchev–Trinajstić information content (AvgIpc) is 2.55. The summed E-state index contributed by atoms with van der Waals surface area (Å²) in [6, 6.07) is 9.49. The molecule has 2 rings (SSSR count). The van der Waals surface area contributed by atoms with Crippen molar-refractivity contribution in [1.29, 1.82) is 0 Å². The Balaban J connectivity index is 2.00. The molecular formula is C21H27N3O2. The second kappa shape index (κ2) is 8.04. The predicted octanol–water partition coefficient (Wildman–Crippen LogP) is 4.33. The largest absolute Gasteiger partial charge is 0.324 e. The summed E-state index contributed by atoms with van der Waals surface area (Å²) >= 11 is 0. The number of nitrogens with zero attached hydrogens (tertiary/aromatic N) is 1. The van der Waals surface area contributed by atoms with Gasteiger partial charge < -0.3 is 15.5 Å². The van der Waals surface area contributed by atoms with Crippen molar-refractivity contribution in [2.24, 2.45) is 0 Å². The topological polar surface area (TPSA) is 61.4 Å². The summed E-state index contributed by atoms with van der Waals surface area (Å²) < 4.78 is 0. The van der Waals surface area contributed by atoms with Gasteiger partial charge in [0.1, 0.15) is 6.54 Å². The Bertz CT molecular complexity index is 820. The predicted molar refractivity (Wildman–Crippen MR) is 107 cm³/mol. The van der Waals surface area contributed by atoms with Crippen LogP contribution in [0.25, 0.3) is 0 Å². The van der Waals surface area contributed by atoms with E-state index in [0.29, 0.717) is 0 Å². The van der Waals surface area contributed by atoms with Crippen molar-refractivity contribution in [3.05, 3.63) is 58.1 Å². The van der Waals surface area contributed by atoms with E-state index in [0.717, 1.165) is 39.2 Å². The first-order valence-electron chi connectivity index (χ1n) is 8.65. The van der Waals surface area contributed by atoms with Gasteiger partial charge in [0, 0.05) is 18.4 Å². The zero-order valence-corrected chi connectivity index (χ0v) is 16.4. The molecule has 0 aliphatic heterocycles. The summed E-state index contributed by atoms with van der Waals surface area (Å²) in [5.74, 6) is -0.223. The van der Waals surface area contributed by atoms with Crippen LogP contribution in [0.2, 0.25) is 0 Å². The zero-order chi connectivity index (χ0) is 19.4. The first kappa shape index (κ1) is 19.5. The van der Waals surface area contributed by atoms with Crippen LogP contribution in [0.4, 0.5) is 16.2 Å². The monoisotopic (exact) mass is 353 g/mol. The molecule has 5 nitrogen and oxygen atoms in total. The van der Waals surface area contributed by atoms with E-state index in [1.165, 1.54) is 4.90 Å². The van der Waals surface area contributed by atoms with Gasteiger partial charge in [-0.05, 0) is 62.9 Å². The summed E-state index contributed by atoms with van der Waals surface area (Å²) in [7, 11) is 1.61. The van der Waals surface area contributed by atoms with Gasteiger partial charge >= 0.3 is 6.03 Å². The van der Waals surface area contributed by atoms with Gasteiger partial charge in [-0.2, -0.15) is 0 Å². The van der Waals surface area contributed by atoms with Crippen molar-refractivity contribution in [3.8, 4) is 0 Å². The lowest BCUT2D eigenvalue weighted by Crippen LogP contribution is -2.38. The van der Waals surface area contributed by atoms with Crippen molar-refractivity contribution in [3.63, 3.8) is 0 Å². The van der Waals surface area contributed by atoms with Crippen LogP contribution in [0, 0.1) is 34.6 Å². The van der Waals surface area contributed by atoms with Gasteiger partial charge in [-0.3, -0.25) is 4.79 Å². The quantitative estimate of drug-likeness (QED) is 0.859. The third kappa shape index (κ3) is 4.63. The number of hydrogen-bond donors (Lipinski definition) is 2. The Morgan fingerprint density at radius 3 is 2.15 bits per heavy atom. The lowest BCUT2D eigenvalue weighted by atomic mass is 10.1. The van der Waals surface area contributed by atoms with Crippen LogP contribution in [0.1, 0.15) is 27.8 Å². The molecule has 0 radical (unpaired) electrons. The molecule has 0 aliphatic rings. The van der Waals surface area contributed by atoms with Crippen LogP contribution in [-0.4, -0.2) is 30.4 Å². The van der Waals surface area contributed by atoms with Crippen LogP contribution in [-0.2, 0) is 4.79 Å². The van der Waals surface area contributed by atoms with Gasteiger partial charge in [-0.25, -0.2) is 4.79 Å². The minimum absolute atomic E-state index is 0.0244. The standard InChI is InChI=1S/C21H27N3O2/c1-13-10-15(3)20(16(4)11-13)23-19(25)12-24(6)21(26)22-18-9-7-8-14(2)17(18)5/h7-11H,12H2,1-6H3,(H,22,26)(H,23,25). The molecule has 0 atom stereocenters. The van der Waals surface area contributed by atoms with Crippen LogP contribution in [0.15, 0.2) is 30.3 Å². The van der Waals surface area contributed by atoms with Crippen LogP contribution >= 0.6 is 0 Å². The summed E-state index contributed by atoms with van der Waals surface area (Å²) in [6.45, 7) is 9.88. The van der Waals surface area contributed by atoms with Crippen LogP contribution in [0.3, 0.4) is 0 Å². The maximum Gasteiger partial charge on any atom is 0.322 e. The molecular weight excluding hydrogens is 326 g/mol. The molecule has 138 valence electrons. The molecule has 0 saturated heterocycles. The molecule has 2 aromatic carbocycles. The number of amides is 3. The summed E-state index contributed by atoms with van der Waals surface area (Å²) in [6.07, 6.45) is 0. The molecule has 0 bridgehead atoms. The Morgan fingerprint density at radius 2 is 1.54 bits per heavy atom. The minimum Gasteiger partial charge on any atom is -0.324 e. The van der Waals surface area contributed by atoms with E-state index in [2.05, 4.69) is 10.6 Å². The number of nitrogens with one attached hydrogen (secondary N) is 2. The van der Waals surface area contributed by atoms with E-state index in [1.807, 2.05) is 65.0 Å². The molecule has 0 heterocycles. The Labute approximate surface area is 155 Å². The maximum absolute atomic E-state index is 12.4. The molecule has 26 heavy (non-hydrogen) atoms. The number of anilines is 2. The van der Waals surface area contributed by atoms with E-state index in [9.17, 15) is 9.59 Å². The molecule has 5 heteroatoms. The molecule has 0 fully saturated rings. The van der Waals surface area contributed by atoms with Crippen molar-refractivity contribution in [2.75, 3.05) is 24.2 Å². The summed E-state index contributed by atoms with van der Waals surface area (Å²) in [5.41, 5.74) is 6.87. The summed E-state index contributed by atoms with van der Waals surface area (Å²) in [5, 5.41) is 5.77. The fourth-order valence-electron chi connectivity index (χ4n) is 2.94. The molecule has 0 aliphatic carbocycles. The number of carbonyl (C=O) groups is 2. The van der Waals surface area contributed by atoms with Crippen LogP contribution in [0.5, 0.6) is 0 Å². The Kier molecular flexibility index (Phi) is 6.03. The van der Waals surface area contributed by atoms with Crippen LogP contribution < -0.4 is 10.6 Å². The smallest absolute Gasteiger partial charge is 0.322 e. The van der Waals surface area contributed by atoms with E-state index in [-0.39, 0.29) is 18.5 Å². The van der Waals surface area contributed by atoms with Gasteiger partial charge in [0.15, 0.2) is 0 Å². The van der Waals surface area contributed by atoms with Gasteiger partial charge in [0.05, 0.1) is 0 Å². The van der Waals surface area contributed by atoms with E-state index >= 15 is 0 Å². The lowest BCUT2D eigenvalue weighted by Gasteiger charge is -2.20. The molecule has 2 aromatic rings. The number of rotatable bonds is 4. The molecule has 0 unspecified atom stereocenters. The first-order chi connectivity index (χ1) is 12.2. The van der Waals surface area contributed by atoms with Crippen molar-refractivity contribution < 1.29 is 9.59 Å². The number of carbonyl (C=O) groups excluding carboxylic acids is 2. The molecule has 0 saturated carbocycles. The number of benzene rings is 2. The SMILES string of the molecule is Cc1cc(C)c(NC(=O)CN(C)C(=O)Nc2cccc(C)c2C)c(C)c1. The van der Waals surface area contributed by atoms with E-state index in [1.54, 1.807) is 7.05 Å². The fraction of sp³-hybridized carbons (Fsp3) is 0.333. The van der Waals surface area contributed by atoms with E-state index in [4.69, 9.17) is 0 Å². The zero-order valence-electron chi connectivity index (χ0n) is 16.4.